The lowest BCUT2D eigenvalue weighted by molar-refractivity contribution is 0.0523. The molecule has 2 rings (SSSR count). The molecule has 0 aliphatic rings. The number of nitrogens with one attached hydrogen (secondary N) is 1. The fourth-order valence-corrected chi connectivity index (χ4v) is 3.09. The number of anilines is 1. The van der Waals surface area contributed by atoms with Gasteiger partial charge in [-0.1, -0.05) is 18.2 Å². The van der Waals surface area contributed by atoms with Crippen molar-refractivity contribution in [3.8, 4) is 0 Å². The molecule has 1 heterocycles. The van der Waals surface area contributed by atoms with Crippen LogP contribution in [0.3, 0.4) is 0 Å². The maximum Gasteiger partial charge on any atom is 0.408 e. The highest BCUT2D eigenvalue weighted by Gasteiger charge is 2.21. The molecule has 0 bridgehead atoms. The van der Waals surface area contributed by atoms with Crippen LogP contribution >= 0.6 is 11.3 Å². The number of thiazole rings is 1. The van der Waals surface area contributed by atoms with Gasteiger partial charge in [-0.05, 0) is 39.8 Å². The fraction of sp³-hybridized carbons (Fsp3) is 0.389. The molecule has 1 N–H and O–H groups in total. The number of alkyl carbamates (subject to hydrolysis) is 1. The van der Waals surface area contributed by atoms with Gasteiger partial charge in [-0.2, -0.15) is 0 Å². The first-order valence-electron chi connectivity index (χ1n) is 7.93. The van der Waals surface area contributed by atoms with E-state index in [0.717, 1.165) is 5.69 Å². The van der Waals surface area contributed by atoms with Crippen LogP contribution in [0, 0.1) is 6.92 Å². The van der Waals surface area contributed by atoms with Gasteiger partial charge < -0.3 is 15.0 Å². The van der Waals surface area contributed by atoms with Crippen molar-refractivity contribution in [1.29, 1.82) is 0 Å². The average molecular weight is 361 g/mol. The molecule has 0 aliphatic carbocycles. The number of carbonyl (C=O) groups excluding carboxylic acids is 2. The Morgan fingerprint density at radius 3 is 2.48 bits per heavy atom. The monoisotopic (exact) mass is 361 g/mol. The van der Waals surface area contributed by atoms with Crippen molar-refractivity contribution in [2.24, 2.45) is 0 Å². The lowest BCUT2D eigenvalue weighted by Gasteiger charge is -2.19. The third-order valence-corrected chi connectivity index (χ3v) is 4.41. The SMILES string of the molecule is Cc1nc(CNC(=O)OC(C)(C)C)sc1C(=O)N(C)c1ccccc1. The molecule has 0 spiro atoms. The van der Waals surface area contributed by atoms with Crippen molar-refractivity contribution in [1.82, 2.24) is 10.3 Å². The van der Waals surface area contributed by atoms with Crippen LogP contribution in [0.25, 0.3) is 0 Å². The molecule has 0 saturated heterocycles. The normalized spacial score (nSPS) is 11.1. The largest absolute Gasteiger partial charge is 0.444 e. The molecule has 0 atom stereocenters. The number of hydrogen-bond donors (Lipinski definition) is 1. The lowest BCUT2D eigenvalue weighted by atomic mass is 10.2. The standard InChI is InChI=1S/C18H23N3O3S/c1-12-15(16(22)21(5)13-9-7-6-8-10-13)25-14(20-12)11-19-17(23)24-18(2,3)4/h6-10H,11H2,1-5H3,(H,19,23). The second-order valence-corrected chi connectivity index (χ2v) is 7.66. The van der Waals surface area contributed by atoms with Crippen molar-refractivity contribution >= 4 is 29.0 Å². The first-order valence-corrected chi connectivity index (χ1v) is 8.75. The molecular weight excluding hydrogens is 338 g/mol. The van der Waals surface area contributed by atoms with Crippen LogP contribution in [0.2, 0.25) is 0 Å². The van der Waals surface area contributed by atoms with Crippen LogP contribution in [-0.4, -0.2) is 29.6 Å². The first kappa shape index (κ1) is 18.9. The Morgan fingerprint density at radius 1 is 1.24 bits per heavy atom. The van der Waals surface area contributed by atoms with E-state index in [4.69, 9.17) is 4.74 Å². The Bertz CT molecular complexity index is 751. The number of carbonyl (C=O) groups is 2. The number of aromatic nitrogens is 1. The van der Waals surface area contributed by atoms with E-state index in [9.17, 15) is 9.59 Å². The zero-order valence-corrected chi connectivity index (χ0v) is 15.9. The summed E-state index contributed by atoms with van der Waals surface area (Å²) < 4.78 is 5.19. The number of rotatable bonds is 4. The van der Waals surface area contributed by atoms with Gasteiger partial charge in [0, 0.05) is 12.7 Å². The Hall–Kier alpha value is -2.41. The summed E-state index contributed by atoms with van der Waals surface area (Å²) in [7, 11) is 1.73. The van der Waals surface area contributed by atoms with Gasteiger partial charge in [-0.25, -0.2) is 9.78 Å². The van der Waals surface area contributed by atoms with E-state index in [1.807, 2.05) is 30.3 Å². The Kier molecular flexibility index (Phi) is 5.79. The third-order valence-electron chi connectivity index (χ3n) is 3.27. The molecule has 2 aromatic rings. The van der Waals surface area contributed by atoms with Gasteiger partial charge in [0.05, 0.1) is 12.2 Å². The topological polar surface area (TPSA) is 71.5 Å². The summed E-state index contributed by atoms with van der Waals surface area (Å²) in [5, 5.41) is 3.32. The summed E-state index contributed by atoms with van der Waals surface area (Å²) in [5.74, 6) is -0.121. The molecule has 7 heteroatoms. The minimum Gasteiger partial charge on any atom is -0.444 e. The summed E-state index contributed by atoms with van der Waals surface area (Å²) >= 11 is 1.28. The van der Waals surface area contributed by atoms with Gasteiger partial charge in [0.15, 0.2) is 0 Å². The number of benzene rings is 1. The molecule has 25 heavy (non-hydrogen) atoms. The highest BCUT2D eigenvalue weighted by molar-refractivity contribution is 7.13. The maximum absolute atomic E-state index is 12.7. The van der Waals surface area contributed by atoms with Gasteiger partial charge in [0.25, 0.3) is 5.91 Å². The number of nitrogens with zero attached hydrogens (tertiary/aromatic N) is 2. The molecule has 0 fully saturated rings. The van der Waals surface area contributed by atoms with Gasteiger partial charge in [-0.15, -0.1) is 11.3 Å². The number of aryl methyl sites for hydroxylation is 1. The summed E-state index contributed by atoms with van der Waals surface area (Å²) in [6.07, 6.45) is -0.505. The Balaban J connectivity index is 2.04. The Labute approximate surface area is 151 Å². The van der Waals surface area contributed by atoms with E-state index in [0.29, 0.717) is 15.6 Å². The van der Waals surface area contributed by atoms with Gasteiger partial charge in [0.1, 0.15) is 15.5 Å². The van der Waals surface area contributed by atoms with Gasteiger partial charge in [-0.3, -0.25) is 4.79 Å². The number of para-hydroxylation sites is 1. The molecule has 134 valence electrons. The van der Waals surface area contributed by atoms with Crippen LogP contribution in [0.15, 0.2) is 30.3 Å². The van der Waals surface area contributed by atoms with E-state index >= 15 is 0 Å². The molecule has 2 amide bonds. The molecule has 1 aromatic carbocycles. The quantitative estimate of drug-likeness (QED) is 0.900. The minimum absolute atomic E-state index is 0.121. The van der Waals surface area contributed by atoms with Crippen molar-refractivity contribution in [2.45, 2.75) is 39.8 Å². The summed E-state index contributed by atoms with van der Waals surface area (Å²) in [4.78, 5) is 30.9. The third kappa shape index (κ3) is 5.29. The van der Waals surface area contributed by atoms with Gasteiger partial charge in [0.2, 0.25) is 0 Å². The number of amides is 2. The molecule has 0 radical (unpaired) electrons. The highest BCUT2D eigenvalue weighted by Crippen LogP contribution is 2.22. The zero-order valence-electron chi connectivity index (χ0n) is 15.1. The highest BCUT2D eigenvalue weighted by atomic mass is 32.1. The van der Waals surface area contributed by atoms with Crippen molar-refractivity contribution < 1.29 is 14.3 Å². The zero-order chi connectivity index (χ0) is 18.6. The molecule has 0 aliphatic heterocycles. The van der Waals surface area contributed by atoms with E-state index < -0.39 is 11.7 Å². The van der Waals surface area contributed by atoms with Crippen LogP contribution in [0.5, 0.6) is 0 Å². The van der Waals surface area contributed by atoms with Crippen LogP contribution in [0.4, 0.5) is 10.5 Å². The van der Waals surface area contributed by atoms with Crippen LogP contribution in [-0.2, 0) is 11.3 Å². The maximum atomic E-state index is 12.7. The number of ether oxygens (including phenoxy) is 1. The summed E-state index contributed by atoms with van der Waals surface area (Å²) in [6, 6.07) is 9.42. The molecular formula is C18H23N3O3S. The summed E-state index contributed by atoms with van der Waals surface area (Å²) in [6.45, 7) is 7.42. The average Bonchev–Trinajstić information content (AvgIpc) is 2.92. The first-order chi connectivity index (χ1) is 11.7. The summed E-state index contributed by atoms with van der Waals surface area (Å²) in [5.41, 5.74) is 0.912. The molecule has 0 unspecified atom stereocenters. The predicted octanol–water partition coefficient (Wildman–Crippen LogP) is 3.75. The van der Waals surface area contributed by atoms with Crippen molar-refractivity contribution in [3.63, 3.8) is 0 Å². The second kappa shape index (κ2) is 7.65. The second-order valence-electron chi connectivity index (χ2n) is 6.58. The van der Waals surface area contributed by atoms with E-state index in [2.05, 4.69) is 10.3 Å². The van der Waals surface area contributed by atoms with Gasteiger partial charge >= 0.3 is 6.09 Å². The van der Waals surface area contributed by atoms with Crippen LogP contribution in [0.1, 0.15) is 41.1 Å². The molecule has 6 nitrogen and oxygen atoms in total. The van der Waals surface area contributed by atoms with Crippen molar-refractivity contribution in [2.75, 3.05) is 11.9 Å². The van der Waals surface area contributed by atoms with Crippen molar-refractivity contribution in [3.05, 3.63) is 45.9 Å². The minimum atomic E-state index is -0.553. The predicted molar refractivity (Wildman–Crippen MR) is 99.1 cm³/mol. The van der Waals surface area contributed by atoms with Crippen LogP contribution < -0.4 is 10.2 Å². The Morgan fingerprint density at radius 2 is 1.88 bits per heavy atom. The smallest absolute Gasteiger partial charge is 0.408 e. The lowest BCUT2D eigenvalue weighted by Crippen LogP contribution is -2.32. The van der Waals surface area contributed by atoms with E-state index in [1.54, 1.807) is 39.6 Å². The van der Waals surface area contributed by atoms with E-state index in [1.165, 1.54) is 11.3 Å². The molecule has 0 saturated carbocycles. The number of hydrogen-bond acceptors (Lipinski definition) is 5. The van der Waals surface area contributed by atoms with E-state index in [-0.39, 0.29) is 12.5 Å². The molecule has 1 aromatic heterocycles. The fourth-order valence-electron chi connectivity index (χ4n) is 2.11.